The molecule has 41 heavy (non-hydrogen) atoms. The Kier molecular flexibility index (Phi) is 12.6. The highest BCUT2D eigenvalue weighted by molar-refractivity contribution is 5.89. The molecule has 0 fully saturated rings. The Hall–Kier alpha value is -4.16. The van der Waals surface area contributed by atoms with E-state index in [1.807, 2.05) is 58.9 Å². The van der Waals surface area contributed by atoms with Gasteiger partial charge in [0.2, 0.25) is 0 Å². The Balaban J connectivity index is 0.000000561. The van der Waals surface area contributed by atoms with Crippen LogP contribution in [0.15, 0.2) is 102 Å². The Bertz CT molecular complexity index is 1450. The molecule has 2 heterocycles. The van der Waals surface area contributed by atoms with E-state index in [4.69, 9.17) is 0 Å². The minimum atomic E-state index is -0.674. The van der Waals surface area contributed by atoms with Crippen LogP contribution in [0.4, 0.5) is 8.78 Å². The summed E-state index contributed by atoms with van der Waals surface area (Å²) < 4.78 is 30.7. The molecular weight excluding hydrogens is 514 g/mol. The van der Waals surface area contributed by atoms with Gasteiger partial charge in [-0.2, -0.15) is 0 Å². The molecule has 4 nitrogen and oxygen atoms in total. The van der Waals surface area contributed by atoms with Crippen molar-refractivity contribution >= 4 is 11.9 Å². The molecule has 0 unspecified atom stereocenters. The maximum Gasteiger partial charge on any atom is 0.143 e. The summed E-state index contributed by atoms with van der Waals surface area (Å²) in [5.74, 6) is -1.25. The van der Waals surface area contributed by atoms with Crippen LogP contribution in [0.3, 0.4) is 0 Å². The van der Waals surface area contributed by atoms with Crippen molar-refractivity contribution in [2.75, 3.05) is 7.05 Å². The van der Waals surface area contributed by atoms with E-state index in [9.17, 15) is 4.39 Å². The molecule has 6 heteroatoms. The van der Waals surface area contributed by atoms with Gasteiger partial charge in [0.1, 0.15) is 11.6 Å². The van der Waals surface area contributed by atoms with E-state index < -0.39 is 11.6 Å². The van der Waals surface area contributed by atoms with E-state index in [0.29, 0.717) is 11.1 Å². The average molecular weight is 557 g/mol. The van der Waals surface area contributed by atoms with Crippen molar-refractivity contribution < 1.29 is 8.78 Å². The number of aliphatic imine (C=N–C) groups is 1. The first-order chi connectivity index (χ1) is 19.6. The van der Waals surface area contributed by atoms with Crippen LogP contribution in [0, 0.1) is 25.5 Å². The molecule has 4 rings (SSSR count). The van der Waals surface area contributed by atoms with Crippen molar-refractivity contribution in [3.63, 3.8) is 0 Å². The van der Waals surface area contributed by atoms with Crippen LogP contribution in [0.25, 0.3) is 16.8 Å². The smallest absolute Gasteiger partial charge is 0.143 e. The predicted molar refractivity (Wildman–Crippen MR) is 170 cm³/mol. The third-order valence-electron chi connectivity index (χ3n) is 6.58. The van der Waals surface area contributed by atoms with Gasteiger partial charge in [0.05, 0.1) is 28.9 Å². The van der Waals surface area contributed by atoms with Crippen LogP contribution < -0.4 is 5.73 Å². The van der Waals surface area contributed by atoms with Gasteiger partial charge in [-0.15, -0.1) is 0 Å². The first-order valence-corrected chi connectivity index (χ1v) is 13.7. The highest BCUT2D eigenvalue weighted by Crippen LogP contribution is 2.36. The number of rotatable bonds is 6. The first-order valence-electron chi connectivity index (χ1n) is 13.7. The molecule has 0 saturated carbocycles. The monoisotopic (exact) mass is 556 g/mol. The van der Waals surface area contributed by atoms with E-state index in [1.54, 1.807) is 29.7 Å². The van der Waals surface area contributed by atoms with Crippen molar-refractivity contribution in [1.29, 1.82) is 0 Å². The van der Waals surface area contributed by atoms with Gasteiger partial charge in [-0.3, -0.25) is 9.98 Å². The van der Waals surface area contributed by atoms with Crippen LogP contribution in [0.5, 0.6) is 0 Å². The van der Waals surface area contributed by atoms with Gasteiger partial charge in [0.15, 0.2) is 0 Å². The number of nitrogens with two attached hydrogens (primary N) is 1. The molecule has 0 saturated heterocycles. The summed E-state index contributed by atoms with van der Waals surface area (Å²) in [5, 5.41) is 0. The van der Waals surface area contributed by atoms with Gasteiger partial charge in [0, 0.05) is 29.7 Å². The molecule has 1 aliphatic heterocycles. The number of nitrogens with zero attached hydrogens (tertiary/aromatic N) is 3. The number of allylic oxidation sites excluding steroid dienone is 3. The highest BCUT2D eigenvalue weighted by Gasteiger charge is 2.24. The second kappa shape index (κ2) is 15.6. The maximum absolute atomic E-state index is 15.8. The van der Waals surface area contributed by atoms with Gasteiger partial charge in [-0.25, -0.2) is 8.78 Å². The van der Waals surface area contributed by atoms with E-state index in [2.05, 4.69) is 47.9 Å². The SMILES string of the molecule is C=CN1C=C(c2c(F)ccc(-c3cc(C)cnc3C(C)C)c2F)N=C/C1=C(/C)C(=C)CC.CN.Cc1ccccc1. The van der Waals surface area contributed by atoms with Crippen LogP contribution in [-0.4, -0.2) is 23.1 Å². The summed E-state index contributed by atoms with van der Waals surface area (Å²) in [5.41, 5.74) is 11.2. The molecule has 0 atom stereocenters. The Labute approximate surface area is 244 Å². The maximum atomic E-state index is 15.8. The minimum Gasteiger partial charge on any atom is -0.333 e. The molecule has 0 spiro atoms. The fourth-order valence-electron chi connectivity index (χ4n) is 4.23. The zero-order valence-corrected chi connectivity index (χ0v) is 25.3. The summed E-state index contributed by atoms with van der Waals surface area (Å²) >= 11 is 0. The second-order valence-corrected chi connectivity index (χ2v) is 9.87. The molecule has 1 aromatic heterocycles. The number of benzene rings is 2. The third kappa shape index (κ3) is 8.18. The zero-order chi connectivity index (χ0) is 30.7. The van der Waals surface area contributed by atoms with Crippen LogP contribution >= 0.6 is 0 Å². The molecule has 0 radical (unpaired) electrons. The van der Waals surface area contributed by atoms with Crippen LogP contribution in [-0.2, 0) is 0 Å². The average Bonchev–Trinajstić information content (AvgIpc) is 2.98. The molecule has 3 aromatic rings. The lowest BCUT2D eigenvalue weighted by molar-refractivity contribution is 0.576. The lowest BCUT2D eigenvalue weighted by atomic mass is 9.94. The first kappa shape index (κ1) is 33.0. The van der Waals surface area contributed by atoms with E-state index in [1.165, 1.54) is 24.7 Å². The Morgan fingerprint density at radius 1 is 1.02 bits per heavy atom. The van der Waals surface area contributed by atoms with Gasteiger partial charge < -0.3 is 10.6 Å². The highest BCUT2D eigenvalue weighted by atomic mass is 19.1. The fourth-order valence-corrected chi connectivity index (χ4v) is 4.23. The number of pyridine rings is 1. The largest absolute Gasteiger partial charge is 0.333 e. The van der Waals surface area contributed by atoms with Crippen molar-refractivity contribution in [2.24, 2.45) is 10.7 Å². The van der Waals surface area contributed by atoms with E-state index in [0.717, 1.165) is 34.5 Å². The minimum absolute atomic E-state index is 0.0870. The van der Waals surface area contributed by atoms with Crippen molar-refractivity contribution in [1.82, 2.24) is 9.88 Å². The summed E-state index contributed by atoms with van der Waals surface area (Å²) in [6.07, 6.45) is 7.34. The van der Waals surface area contributed by atoms with Crippen LogP contribution in [0.1, 0.15) is 62.4 Å². The lowest BCUT2D eigenvalue weighted by Gasteiger charge is -2.24. The van der Waals surface area contributed by atoms with Gasteiger partial charge in [-0.1, -0.05) is 75.4 Å². The summed E-state index contributed by atoms with van der Waals surface area (Å²) in [6.45, 7) is 19.9. The summed E-state index contributed by atoms with van der Waals surface area (Å²) in [7, 11) is 1.50. The van der Waals surface area contributed by atoms with E-state index >= 15 is 4.39 Å². The normalized spacial score (nSPS) is 13.4. The number of aromatic nitrogens is 1. The summed E-state index contributed by atoms with van der Waals surface area (Å²) in [6, 6.07) is 14.9. The number of hydrogen-bond acceptors (Lipinski definition) is 4. The Morgan fingerprint density at radius 3 is 2.22 bits per heavy atom. The molecule has 0 bridgehead atoms. The number of aryl methyl sites for hydroxylation is 2. The third-order valence-corrected chi connectivity index (χ3v) is 6.58. The van der Waals surface area contributed by atoms with Crippen molar-refractivity contribution in [2.45, 2.75) is 53.9 Å². The topological polar surface area (TPSA) is 54.5 Å². The molecule has 1 aliphatic rings. The van der Waals surface area contributed by atoms with Gasteiger partial charge in [0.25, 0.3) is 0 Å². The fraction of sp³-hybridized carbons (Fsp3) is 0.257. The number of hydrogen-bond donors (Lipinski definition) is 1. The van der Waals surface area contributed by atoms with Crippen molar-refractivity contribution in [3.8, 4) is 11.1 Å². The molecular formula is C35H42F2N4. The molecule has 0 amide bonds. The van der Waals surface area contributed by atoms with Gasteiger partial charge in [-0.05, 0) is 69.5 Å². The lowest BCUT2D eigenvalue weighted by Crippen LogP contribution is -2.17. The van der Waals surface area contributed by atoms with E-state index in [-0.39, 0.29) is 17.2 Å². The van der Waals surface area contributed by atoms with Gasteiger partial charge >= 0.3 is 0 Å². The molecule has 2 aromatic carbocycles. The quantitative estimate of drug-likeness (QED) is 0.329. The Morgan fingerprint density at radius 2 is 1.68 bits per heavy atom. The molecule has 0 aliphatic carbocycles. The standard InChI is InChI=1S/C27H29F2N3.C7H8.CH5N/c1-8-18(6)19(7)24-14-30-23(15-32(24)9-2)25-22(28)11-10-20(26(25)29)21-12-17(5)13-31-27(21)16(3)4;1-7-5-3-2-4-6-7;1-2/h9-16H,2,6,8H2,1,3-5,7H3;2-6H,1H3;2H2,1H3/b24-19+;;. The number of halogens is 2. The summed E-state index contributed by atoms with van der Waals surface area (Å²) in [4.78, 5) is 10.6. The molecule has 2 N–H and O–H groups in total. The predicted octanol–water partition coefficient (Wildman–Crippen LogP) is 9.10. The van der Waals surface area contributed by atoms with Crippen LogP contribution in [0.2, 0.25) is 0 Å². The molecule has 216 valence electrons. The second-order valence-electron chi connectivity index (χ2n) is 9.87. The van der Waals surface area contributed by atoms with Crippen molar-refractivity contribution in [3.05, 3.63) is 131 Å². The zero-order valence-electron chi connectivity index (χ0n) is 25.3.